The van der Waals surface area contributed by atoms with Crippen LogP contribution in [0.5, 0.6) is 0 Å². The largest absolute Gasteiger partial charge is 0.394 e. The second-order valence-corrected chi connectivity index (χ2v) is 4.11. The molecule has 1 aliphatic rings. The minimum atomic E-state index is -0.939. The van der Waals surface area contributed by atoms with Gasteiger partial charge in [0.15, 0.2) is 8.46 Å². The number of likely N-dealkylation sites (tertiary alicyclic amines) is 1. The van der Waals surface area contributed by atoms with Crippen molar-refractivity contribution in [1.82, 2.24) is 4.90 Å². The van der Waals surface area contributed by atoms with E-state index in [4.69, 9.17) is 5.11 Å². The van der Waals surface area contributed by atoms with Gasteiger partial charge in [0.05, 0.1) is 24.9 Å². The van der Waals surface area contributed by atoms with E-state index in [1.807, 2.05) is 0 Å². The molecule has 6 nitrogen and oxygen atoms in total. The Kier molecular flexibility index (Phi) is 4.60. The summed E-state index contributed by atoms with van der Waals surface area (Å²) in [4.78, 5) is 12.6. The van der Waals surface area contributed by atoms with Gasteiger partial charge in [-0.3, -0.25) is 9.36 Å². The highest BCUT2D eigenvalue weighted by Crippen LogP contribution is 2.18. The van der Waals surface area contributed by atoms with E-state index in [-0.39, 0.29) is 34.2 Å². The number of β-amino-alcohol motifs (C(OH)–C–C–N with tert-alkyl or cyclic N) is 1. The van der Waals surface area contributed by atoms with Crippen molar-refractivity contribution in [3.8, 4) is 0 Å². The highest BCUT2D eigenvalue weighted by atomic mass is 31.1. The number of carbonyl (C=O) groups is 1. The first-order valence-corrected chi connectivity index (χ1v) is 5.65. The van der Waals surface area contributed by atoms with Crippen LogP contribution in [-0.2, 0) is 9.36 Å². The molecule has 0 bridgehead atoms. The summed E-state index contributed by atoms with van der Waals surface area (Å²) in [6.45, 7) is -0.300. The average molecular weight is 235 g/mol. The highest BCUT2D eigenvalue weighted by molar-refractivity contribution is 7.25. The average Bonchev–Trinajstić information content (AvgIpc) is 2.17. The third kappa shape index (κ3) is 2.95. The van der Waals surface area contributed by atoms with E-state index in [2.05, 4.69) is 0 Å². The molecule has 1 heterocycles. The van der Waals surface area contributed by atoms with Gasteiger partial charge in [-0.2, -0.15) is 0 Å². The SMILES string of the molecule is O=PCC(=O)N1CC(O)CC(O)C1CO. The lowest BCUT2D eigenvalue weighted by molar-refractivity contribution is -0.143. The molecule has 3 N–H and O–H groups in total. The Morgan fingerprint density at radius 2 is 2.13 bits per heavy atom. The Balaban J connectivity index is 2.72. The number of amides is 1. The van der Waals surface area contributed by atoms with Crippen LogP contribution >= 0.6 is 8.46 Å². The molecule has 1 saturated heterocycles. The number of hydrogen-bond acceptors (Lipinski definition) is 5. The van der Waals surface area contributed by atoms with Crippen LogP contribution in [0.4, 0.5) is 0 Å². The molecule has 86 valence electrons. The predicted molar refractivity (Wildman–Crippen MR) is 51.7 cm³/mol. The number of carbonyl (C=O) groups excluding carboxylic acids is 1. The van der Waals surface area contributed by atoms with Crippen molar-refractivity contribution in [2.75, 3.05) is 19.3 Å². The van der Waals surface area contributed by atoms with E-state index in [0.29, 0.717) is 0 Å². The van der Waals surface area contributed by atoms with E-state index < -0.39 is 24.2 Å². The molecule has 7 heteroatoms. The first-order valence-electron chi connectivity index (χ1n) is 4.65. The molecule has 1 fully saturated rings. The van der Waals surface area contributed by atoms with Crippen LogP contribution in [0, 0.1) is 0 Å². The third-order valence-electron chi connectivity index (χ3n) is 2.47. The molecule has 0 aliphatic carbocycles. The zero-order valence-corrected chi connectivity index (χ0v) is 9.01. The van der Waals surface area contributed by atoms with Gasteiger partial charge < -0.3 is 20.2 Å². The number of aliphatic hydroxyl groups is 3. The molecular formula is C8H14NO5P. The molecule has 15 heavy (non-hydrogen) atoms. The molecule has 1 aliphatic heterocycles. The van der Waals surface area contributed by atoms with Crippen molar-refractivity contribution in [1.29, 1.82) is 0 Å². The van der Waals surface area contributed by atoms with Gasteiger partial charge in [0.1, 0.15) is 6.16 Å². The second-order valence-electron chi connectivity index (χ2n) is 3.54. The maximum atomic E-state index is 11.4. The third-order valence-corrected chi connectivity index (χ3v) is 2.87. The zero-order valence-electron chi connectivity index (χ0n) is 8.11. The van der Waals surface area contributed by atoms with E-state index in [1.165, 1.54) is 4.90 Å². The van der Waals surface area contributed by atoms with Gasteiger partial charge in [0, 0.05) is 13.0 Å². The lowest BCUT2D eigenvalue weighted by atomic mass is 9.97. The van der Waals surface area contributed by atoms with Gasteiger partial charge >= 0.3 is 0 Å². The standard InChI is InChI=1S/C8H14NO5P/c10-3-6-7(12)1-5(11)2-9(6)8(13)4-15-14/h5-7,10-12H,1-4H2. The summed E-state index contributed by atoms with van der Waals surface area (Å²) in [5.74, 6) is -0.441. The van der Waals surface area contributed by atoms with Gasteiger partial charge in [-0.1, -0.05) is 0 Å². The molecule has 0 radical (unpaired) electrons. The molecule has 0 saturated carbocycles. The van der Waals surface area contributed by atoms with Gasteiger partial charge in [-0.25, -0.2) is 0 Å². The van der Waals surface area contributed by atoms with E-state index >= 15 is 0 Å². The maximum Gasteiger partial charge on any atom is 0.234 e. The van der Waals surface area contributed by atoms with Crippen molar-refractivity contribution in [2.24, 2.45) is 0 Å². The van der Waals surface area contributed by atoms with Crippen LogP contribution < -0.4 is 0 Å². The number of hydrogen-bond donors (Lipinski definition) is 3. The summed E-state index contributed by atoms with van der Waals surface area (Å²) in [5.41, 5.74) is 0. The summed E-state index contributed by atoms with van der Waals surface area (Å²) in [6, 6.07) is -0.706. The Labute approximate surface area is 88.7 Å². The lowest BCUT2D eigenvalue weighted by Gasteiger charge is -2.40. The molecule has 0 spiro atoms. The zero-order chi connectivity index (χ0) is 11.4. The molecule has 0 aromatic rings. The fourth-order valence-electron chi connectivity index (χ4n) is 1.73. The quantitative estimate of drug-likeness (QED) is 0.522. The van der Waals surface area contributed by atoms with Crippen LogP contribution in [0.1, 0.15) is 6.42 Å². The first kappa shape index (κ1) is 12.5. The topological polar surface area (TPSA) is 98.1 Å². The Morgan fingerprint density at radius 3 is 2.67 bits per heavy atom. The van der Waals surface area contributed by atoms with E-state index in [1.54, 1.807) is 0 Å². The molecule has 1 amide bonds. The smallest absolute Gasteiger partial charge is 0.234 e. The van der Waals surface area contributed by atoms with Crippen LogP contribution in [-0.4, -0.2) is 63.7 Å². The lowest BCUT2D eigenvalue weighted by Crippen LogP contribution is -2.57. The second kappa shape index (κ2) is 5.51. The van der Waals surface area contributed by atoms with Crippen molar-refractivity contribution in [3.05, 3.63) is 0 Å². The molecule has 3 atom stereocenters. The predicted octanol–water partition coefficient (Wildman–Crippen LogP) is -1.41. The highest BCUT2D eigenvalue weighted by Gasteiger charge is 2.36. The monoisotopic (exact) mass is 235 g/mol. The Bertz CT molecular complexity index is 249. The normalized spacial score (nSPS) is 31.9. The van der Waals surface area contributed by atoms with Crippen LogP contribution in [0.3, 0.4) is 0 Å². The molecule has 3 unspecified atom stereocenters. The Morgan fingerprint density at radius 1 is 1.47 bits per heavy atom. The summed E-state index contributed by atoms with van der Waals surface area (Å²) in [7, 11) is -0.308. The number of aliphatic hydroxyl groups excluding tert-OH is 3. The van der Waals surface area contributed by atoms with Gasteiger partial charge in [0.25, 0.3) is 0 Å². The number of rotatable bonds is 3. The van der Waals surface area contributed by atoms with Crippen molar-refractivity contribution < 1.29 is 24.7 Å². The van der Waals surface area contributed by atoms with Gasteiger partial charge in [0.2, 0.25) is 5.91 Å². The summed E-state index contributed by atoms with van der Waals surface area (Å²) >= 11 is 0. The van der Waals surface area contributed by atoms with E-state index in [0.717, 1.165) is 0 Å². The van der Waals surface area contributed by atoms with Crippen LogP contribution in [0.2, 0.25) is 0 Å². The minimum absolute atomic E-state index is 0.0661. The number of nitrogens with zero attached hydrogens (tertiary/aromatic N) is 1. The maximum absolute atomic E-state index is 11.4. The van der Waals surface area contributed by atoms with Crippen molar-refractivity contribution in [2.45, 2.75) is 24.7 Å². The number of piperidine rings is 1. The van der Waals surface area contributed by atoms with Crippen molar-refractivity contribution >= 4 is 14.4 Å². The summed E-state index contributed by atoms with van der Waals surface area (Å²) in [6.07, 6.45) is -1.79. The molecule has 1 rings (SSSR count). The molecule has 0 aromatic carbocycles. The fourth-order valence-corrected chi connectivity index (χ4v) is 2.03. The molecular weight excluding hydrogens is 221 g/mol. The summed E-state index contributed by atoms with van der Waals surface area (Å²) < 4.78 is 10.3. The van der Waals surface area contributed by atoms with Crippen LogP contribution in [0.25, 0.3) is 0 Å². The van der Waals surface area contributed by atoms with Gasteiger partial charge in [-0.05, 0) is 0 Å². The Hall–Kier alpha value is -0.550. The molecule has 0 aromatic heterocycles. The fraction of sp³-hybridized carbons (Fsp3) is 0.875. The first-order chi connectivity index (χ1) is 7.10. The van der Waals surface area contributed by atoms with E-state index in [9.17, 15) is 19.6 Å². The van der Waals surface area contributed by atoms with Gasteiger partial charge in [-0.15, -0.1) is 0 Å². The van der Waals surface area contributed by atoms with Crippen LogP contribution in [0.15, 0.2) is 0 Å². The van der Waals surface area contributed by atoms with Crippen molar-refractivity contribution in [3.63, 3.8) is 0 Å². The minimum Gasteiger partial charge on any atom is -0.394 e. The summed E-state index contributed by atoms with van der Waals surface area (Å²) in [5, 5.41) is 27.9.